The predicted molar refractivity (Wildman–Crippen MR) is 119 cm³/mol. The second kappa shape index (κ2) is 8.80. The van der Waals surface area contributed by atoms with Gasteiger partial charge in [-0.2, -0.15) is 5.26 Å². The molecule has 4 aromatic rings. The van der Waals surface area contributed by atoms with Gasteiger partial charge in [0.25, 0.3) is 0 Å². The van der Waals surface area contributed by atoms with Gasteiger partial charge in [0.1, 0.15) is 5.92 Å². The van der Waals surface area contributed by atoms with Crippen LogP contribution in [0.1, 0.15) is 46.4 Å². The number of nitrogens with zero attached hydrogens (tertiary/aromatic N) is 2. The lowest BCUT2D eigenvalue weighted by Crippen LogP contribution is -2.08. The molecule has 0 spiro atoms. The molecule has 1 aromatic heterocycles. The first-order chi connectivity index (χ1) is 14.7. The van der Waals surface area contributed by atoms with Gasteiger partial charge in [-0.3, -0.25) is 0 Å². The molecule has 3 aromatic carbocycles. The summed E-state index contributed by atoms with van der Waals surface area (Å²) < 4.78 is 5.76. The van der Waals surface area contributed by atoms with Crippen molar-refractivity contribution in [3.05, 3.63) is 113 Å². The van der Waals surface area contributed by atoms with Crippen molar-refractivity contribution in [3.8, 4) is 17.2 Å². The lowest BCUT2D eigenvalue weighted by Gasteiger charge is -2.20. The summed E-state index contributed by atoms with van der Waals surface area (Å²) >= 11 is 0. The highest BCUT2D eigenvalue weighted by molar-refractivity contribution is 5.71. The Bertz CT molecular complexity index is 1120. The number of aromatic nitrogens is 1. The summed E-state index contributed by atoms with van der Waals surface area (Å²) in [6.45, 7) is 4.01. The third-order valence-electron chi connectivity index (χ3n) is 5.65. The largest absolute Gasteiger partial charge is 0.359 e. The van der Waals surface area contributed by atoms with Crippen molar-refractivity contribution in [2.75, 3.05) is 0 Å². The normalized spacial score (nSPS) is 11.9. The highest BCUT2D eigenvalue weighted by Gasteiger charge is 2.28. The van der Waals surface area contributed by atoms with E-state index in [0.717, 1.165) is 22.4 Å². The molecular weight excluding hydrogens is 368 g/mol. The molecule has 1 unspecified atom stereocenters. The number of aryl methyl sites for hydroxylation is 2. The Morgan fingerprint density at radius 3 is 1.97 bits per heavy atom. The van der Waals surface area contributed by atoms with Gasteiger partial charge in [-0.25, -0.2) is 0 Å². The van der Waals surface area contributed by atoms with Crippen LogP contribution in [0.5, 0.6) is 0 Å². The van der Waals surface area contributed by atoms with Crippen LogP contribution in [0.3, 0.4) is 0 Å². The van der Waals surface area contributed by atoms with Gasteiger partial charge in [-0.15, -0.1) is 0 Å². The molecule has 1 heterocycles. The topological polar surface area (TPSA) is 49.8 Å². The monoisotopic (exact) mass is 392 g/mol. The van der Waals surface area contributed by atoms with E-state index < -0.39 is 5.92 Å². The Morgan fingerprint density at radius 2 is 1.40 bits per heavy atom. The third-order valence-corrected chi connectivity index (χ3v) is 5.65. The van der Waals surface area contributed by atoms with E-state index in [2.05, 4.69) is 54.5 Å². The van der Waals surface area contributed by atoms with Gasteiger partial charge in [-0.1, -0.05) is 90.1 Å². The van der Waals surface area contributed by atoms with Crippen LogP contribution >= 0.6 is 0 Å². The fourth-order valence-corrected chi connectivity index (χ4v) is 4.10. The summed E-state index contributed by atoms with van der Waals surface area (Å²) in [4.78, 5) is 0. The van der Waals surface area contributed by atoms with Gasteiger partial charge in [0.05, 0.1) is 11.8 Å². The van der Waals surface area contributed by atoms with Crippen molar-refractivity contribution in [2.45, 2.75) is 32.1 Å². The van der Waals surface area contributed by atoms with Gasteiger partial charge < -0.3 is 4.52 Å². The molecule has 0 amide bonds. The van der Waals surface area contributed by atoms with Crippen molar-refractivity contribution in [1.29, 1.82) is 5.26 Å². The fraction of sp³-hybridized carbons (Fsp3) is 0.185. The summed E-state index contributed by atoms with van der Waals surface area (Å²) in [5.41, 5.74) is 6.36. The van der Waals surface area contributed by atoms with Crippen molar-refractivity contribution >= 4 is 0 Å². The van der Waals surface area contributed by atoms with E-state index >= 15 is 0 Å². The van der Waals surface area contributed by atoms with Crippen LogP contribution in [0.2, 0.25) is 0 Å². The molecule has 0 aliphatic heterocycles. The minimum Gasteiger partial charge on any atom is -0.359 e. The molecule has 0 fully saturated rings. The van der Waals surface area contributed by atoms with Crippen molar-refractivity contribution in [3.63, 3.8) is 0 Å². The molecule has 0 aliphatic rings. The Hall–Kier alpha value is -3.64. The van der Waals surface area contributed by atoms with Gasteiger partial charge >= 0.3 is 0 Å². The molecule has 0 bridgehead atoms. The number of benzene rings is 3. The standard InChI is InChI=1S/C27H24N2O/c1-19-11-9-10-16-24(19)26-20(2)29-30-27(26)23(18-28)17-25(21-12-5-3-6-13-21)22-14-7-4-8-15-22/h3-16,23,25H,17H2,1-2H3. The van der Waals surface area contributed by atoms with Crippen LogP contribution in [0.25, 0.3) is 11.1 Å². The number of hydrogen-bond donors (Lipinski definition) is 0. The van der Waals surface area contributed by atoms with Crippen molar-refractivity contribution in [1.82, 2.24) is 5.16 Å². The molecule has 0 aliphatic carbocycles. The zero-order chi connectivity index (χ0) is 20.9. The number of rotatable bonds is 6. The highest BCUT2D eigenvalue weighted by atomic mass is 16.5. The van der Waals surface area contributed by atoms with Crippen molar-refractivity contribution < 1.29 is 4.52 Å². The van der Waals surface area contributed by atoms with E-state index in [0.29, 0.717) is 12.2 Å². The van der Waals surface area contributed by atoms with E-state index in [9.17, 15) is 5.26 Å². The van der Waals surface area contributed by atoms with E-state index in [1.54, 1.807) is 0 Å². The van der Waals surface area contributed by atoms with Crippen LogP contribution in [0.15, 0.2) is 89.5 Å². The molecule has 1 atom stereocenters. The Balaban J connectivity index is 1.76. The summed E-state index contributed by atoms with van der Waals surface area (Å²) in [6.07, 6.45) is 0.623. The van der Waals surface area contributed by atoms with Crippen LogP contribution in [-0.4, -0.2) is 5.16 Å². The van der Waals surface area contributed by atoms with Gasteiger partial charge in [0, 0.05) is 11.5 Å². The highest BCUT2D eigenvalue weighted by Crippen LogP contribution is 2.40. The third kappa shape index (κ3) is 3.90. The van der Waals surface area contributed by atoms with E-state index in [4.69, 9.17) is 4.52 Å². The summed E-state index contributed by atoms with van der Waals surface area (Å²) in [6, 6.07) is 31.4. The predicted octanol–water partition coefficient (Wildman–Crippen LogP) is 6.79. The average molecular weight is 393 g/mol. The zero-order valence-corrected chi connectivity index (χ0v) is 17.2. The Morgan fingerprint density at radius 1 is 0.833 bits per heavy atom. The number of hydrogen-bond acceptors (Lipinski definition) is 3. The van der Waals surface area contributed by atoms with Crippen LogP contribution in [0.4, 0.5) is 0 Å². The fourth-order valence-electron chi connectivity index (χ4n) is 4.10. The Labute approximate surface area is 177 Å². The summed E-state index contributed by atoms with van der Waals surface area (Å²) in [7, 11) is 0. The smallest absolute Gasteiger partial charge is 0.161 e. The van der Waals surface area contributed by atoms with Crippen LogP contribution in [0, 0.1) is 25.2 Å². The maximum Gasteiger partial charge on any atom is 0.161 e. The molecule has 4 rings (SSSR count). The minimum atomic E-state index is -0.411. The Kier molecular flexibility index (Phi) is 5.77. The quantitative estimate of drug-likeness (QED) is 0.363. The molecule has 0 N–H and O–H groups in total. The SMILES string of the molecule is Cc1ccccc1-c1c(C)noc1C(C#N)CC(c1ccccc1)c1ccccc1. The van der Waals surface area contributed by atoms with E-state index in [1.165, 1.54) is 11.1 Å². The van der Waals surface area contributed by atoms with Gasteiger partial charge in [-0.05, 0) is 42.5 Å². The lowest BCUT2D eigenvalue weighted by molar-refractivity contribution is 0.365. The molecule has 30 heavy (non-hydrogen) atoms. The molecule has 0 saturated carbocycles. The molecule has 3 nitrogen and oxygen atoms in total. The maximum absolute atomic E-state index is 10.1. The summed E-state index contributed by atoms with van der Waals surface area (Å²) in [5.74, 6) is 0.333. The maximum atomic E-state index is 10.1. The van der Waals surface area contributed by atoms with Gasteiger partial charge in [0.2, 0.25) is 0 Å². The molecular formula is C27H24N2O. The second-order valence-corrected chi connectivity index (χ2v) is 7.61. The summed E-state index contributed by atoms with van der Waals surface area (Å²) in [5, 5.41) is 14.4. The van der Waals surface area contributed by atoms with Crippen LogP contribution < -0.4 is 0 Å². The minimum absolute atomic E-state index is 0.0900. The van der Waals surface area contributed by atoms with Crippen molar-refractivity contribution in [2.24, 2.45) is 0 Å². The number of nitriles is 1. The molecule has 3 heteroatoms. The average Bonchev–Trinajstić information content (AvgIpc) is 3.17. The zero-order valence-electron chi connectivity index (χ0n) is 17.2. The molecule has 0 saturated heterocycles. The van der Waals surface area contributed by atoms with Gasteiger partial charge in [0.15, 0.2) is 5.76 Å². The first-order valence-corrected chi connectivity index (χ1v) is 10.2. The van der Waals surface area contributed by atoms with E-state index in [-0.39, 0.29) is 5.92 Å². The molecule has 148 valence electrons. The molecule has 0 radical (unpaired) electrons. The second-order valence-electron chi connectivity index (χ2n) is 7.61. The van der Waals surface area contributed by atoms with Crippen LogP contribution in [-0.2, 0) is 0 Å². The first kappa shape index (κ1) is 19.7. The first-order valence-electron chi connectivity index (χ1n) is 10.2. The van der Waals surface area contributed by atoms with E-state index in [1.807, 2.05) is 55.5 Å². The lowest BCUT2D eigenvalue weighted by atomic mass is 9.82.